The Morgan fingerprint density at radius 2 is 1.58 bits per heavy atom. The minimum Gasteiger partial charge on any atom is -0.462 e. The van der Waals surface area contributed by atoms with Gasteiger partial charge in [-0.25, -0.2) is 4.98 Å². The summed E-state index contributed by atoms with van der Waals surface area (Å²) in [7, 11) is 0. The van der Waals surface area contributed by atoms with E-state index in [2.05, 4.69) is 33.6 Å². The number of hydrogen-bond acceptors (Lipinski definition) is 3. The molecule has 0 aliphatic carbocycles. The maximum Gasteiger partial charge on any atom is 0.215 e. The molecule has 0 aliphatic rings. The van der Waals surface area contributed by atoms with Crippen molar-refractivity contribution in [2.45, 2.75) is 6.92 Å². The van der Waals surface area contributed by atoms with Gasteiger partial charge >= 0.3 is 0 Å². The van der Waals surface area contributed by atoms with Crippen molar-refractivity contribution in [1.29, 1.82) is 0 Å². The Labute approximate surface area is 165 Å². The molecule has 4 aromatic rings. The first-order valence-electron chi connectivity index (χ1n) is 7.47. The fourth-order valence-electron chi connectivity index (χ4n) is 2.63. The number of nitrogens with one attached hydrogen (secondary N) is 2. The summed E-state index contributed by atoms with van der Waals surface area (Å²) in [6.07, 6.45) is 3.12. The van der Waals surface area contributed by atoms with Crippen LogP contribution in [0.1, 0.15) is 5.56 Å². The van der Waals surface area contributed by atoms with Crippen molar-refractivity contribution in [3.8, 4) is 11.3 Å². The van der Waals surface area contributed by atoms with E-state index >= 15 is 0 Å². The molecule has 0 unspecified atom stereocenters. The first-order chi connectivity index (χ1) is 11.3. The molecule has 0 amide bonds. The Bertz CT molecular complexity index is 949. The number of para-hydroxylation sites is 1. The van der Waals surface area contributed by atoms with E-state index in [1.165, 1.54) is 0 Å². The summed E-state index contributed by atoms with van der Waals surface area (Å²) in [6, 6.07) is 20.1. The third-order valence-electron chi connectivity index (χ3n) is 3.73. The van der Waals surface area contributed by atoms with Gasteiger partial charge in [0, 0.05) is 44.1 Å². The van der Waals surface area contributed by atoms with Crippen LogP contribution in [0.15, 0.2) is 60.7 Å². The van der Waals surface area contributed by atoms with Crippen LogP contribution in [0.25, 0.3) is 22.3 Å². The van der Waals surface area contributed by atoms with E-state index in [1.54, 1.807) is 0 Å². The quantitative estimate of drug-likeness (QED) is 0.509. The molecule has 4 nitrogen and oxygen atoms in total. The number of hydrogen-bond donors (Lipinski definition) is 2. The number of aryl methyl sites for hydroxylation is 1. The molecular formula is C19H15N4Y-. The maximum atomic E-state index is 4.74. The van der Waals surface area contributed by atoms with E-state index in [-0.39, 0.29) is 32.7 Å². The summed E-state index contributed by atoms with van der Waals surface area (Å²) in [4.78, 5) is 12.4. The molecule has 2 heterocycles. The predicted octanol–water partition coefficient (Wildman–Crippen LogP) is 4.47. The van der Waals surface area contributed by atoms with E-state index in [1.807, 2.05) is 55.5 Å². The van der Waals surface area contributed by atoms with Gasteiger partial charge in [0.25, 0.3) is 0 Å². The fraction of sp³-hybridized carbons (Fsp3) is 0.0526. The zero-order valence-electron chi connectivity index (χ0n) is 13.2. The molecule has 2 aromatic heterocycles. The molecule has 2 N–H and O–H groups in total. The Kier molecular flexibility index (Phi) is 5.07. The molecule has 0 fully saturated rings. The Hall–Kier alpha value is -2.04. The number of aromatic amines is 1. The first-order valence-corrected chi connectivity index (χ1v) is 7.47. The largest absolute Gasteiger partial charge is 0.462 e. The average Bonchev–Trinajstić information content (AvgIpc) is 2.97. The SMILES string of the molecule is Cc1[c-][nH]c2nc(Nc3ccccc3)nc(-c3ccccc3)c12.[Y]. The first kappa shape index (κ1) is 16.8. The van der Waals surface area contributed by atoms with Crippen LogP contribution in [-0.2, 0) is 32.7 Å². The molecule has 0 spiro atoms. The summed E-state index contributed by atoms with van der Waals surface area (Å²) < 4.78 is 0. The second-order valence-corrected chi connectivity index (χ2v) is 5.35. The number of aromatic nitrogens is 3. The van der Waals surface area contributed by atoms with Crippen LogP contribution in [0.5, 0.6) is 0 Å². The standard InChI is InChI=1S/C19H15N4.Y/c1-13-12-20-18-16(13)17(14-8-4-2-5-9-14)22-19(23-18)21-15-10-6-3-7-11-15;/h2-11H,1H3,(H2,20,21,22,23);/q-1;. The number of rotatable bonds is 3. The molecule has 0 saturated carbocycles. The van der Waals surface area contributed by atoms with Gasteiger partial charge in [0.05, 0.1) is 0 Å². The molecule has 115 valence electrons. The fourth-order valence-corrected chi connectivity index (χ4v) is 2.63. The van der Waals surface area contributed by atoms with Crippen LogP contribution in [-0.4, -0.2) is 15.0 Å². The number of H-pyrrole nitrogens is 1. The van der Waals surface area contributed by atoms with E-state index in [0.29, 0.717) is 5.95 Å². The van der Waals surface area contributed by atoms with Crippen molar-refractivity contribution in [1.82, 2.24) is 15.0 Å². The van der Waals surface area contributed by atoms with Gasteiger partial charge in [-0.3, -0.25) is 4.98 Å². The van der Waals surface area contributed by atoms with Gasteiger partial charge in [-0.2, -0.15) is 0 Å². The summed E-state index contributed by atoms with van der Waals surface area (Å²) in [6.45, 7) is 2.01. The molecule has 1 radical (unpaired) electrons. The van der Waals surface area contributed by atoms with Crippen LogP contribution >= 0.6 is 0 Å². The van der Waals surface area contributed by atoms with Crippen LogP contribution < -0.4 is 5.32 Å². The maximum absolute atomic E-state index is 4.74. The Morgan fingerprint density at radius 3 is 2.29 bits per heavy atom. The van der Waals surface area contributed by atoms with Gasteiger partial charge in [-0.05, 0) is 23.3 Å². The number of fused-ring (bicyclic) bond motifs is 1. The van der Waals surface area contributed by atoms with E-state index in [0.717, 1.165) is 33.5 Å². The molecule has 0 atom stereocenters. The third kappa shape index (κ3) is 3.26. The van der Waals surface area contributed by atoms with Gasteiger partial charge in [0.2, 0.25) is 5.95 Å². The molecule has 0 bridgehead atoms. The number of anilines is 2. The zero-order valence-corrected chi connectivity index (χ0v) is 16.1. The summed E-state index contributed by atoms with van der Waals surface area (Å²) in [5.74, 6) is 0.567. The summed E-state index contributed by atoms with van der Waals surface area (Å²) in [5.41, 5.74) is 4.73. The molecule has 0 saturated heterocycles. The van der Waals surface area contributed by atoms with Crippen molar-refractivity contribution in [2.24, 2.45) is 0 Å². The smallest absolute Gasteiger partial charge is 0.215 e. The average molecular weight is 388 g/mol. The number of benzene rings is 2. The normalized spacial score (nSPS) is 10.4. The van der Waals surface area contributed by atoms with Gasteiger partial charge in [0.15, 0.2) is 0 Å². The predicted molar refractivity (Wildman–Crippen MR) is 92.6 cm³/mol. The second-order valence-electron chi connectivity index (χ2n) is 5.35. The minimum absolute atomic E-state index is 0. The summed E-state index contributed by atoms with van der Waals surface area (Å²) in [5, 5.41) is 4.27. The van der Waals surface area contributed by atoms with Crippen LogP contribution in [0.4, 0.5) is 11.6 Å². The van der Waals surface area contributed by atoms with Crippen LogP contribution in [0.2, 0.25) is 0 Å². The van der Waals surface area contributed by atoms with Crippen LogP contribution in [0, 0.1) is 13.1 Å². The van der Waals surface area contributed by atoms with Gasteiger partial charge in [0.1, 0.15) is 0 Å². The van der Waals surface area contributed by atoms with Crippen molar-refractivity contribution >= 4 is 22.7 Å². The second kappa shape index (κ2) is 7.24. The molecule has 4 rings (SSSR count). The molecule has 2 aromatic carbocycles. The van der Waals surface area contributed by atoms with Gasteiger partial charge in [-0.15, -0.1) is 17.1 Å². The zero-order chi connectivity index (χ0) is 15.6. The topological polar surface area (TPSA) is 53.6 Å². The summed E-state index contributed by atoms with van der Waals surface area (Å²) >= 11 is 0. The van der Waals surface area contributed by atoms with Gasteiger partial charge < -0.3 is 10.3 Å². The van der Waals surface area contributed by atoms with E-state index < -0.39 is 0 Å². The molecular weight excluding hydrogens is 373 g/mol. The van der Waals surface area contributed by atoms with Crippen LogP contribution in [0.3, 0.4) is 0 Å². The van der Waals surface area contributed by atoms with E-state index in [9.17, 15) is 0 Å². The third-order valence-corrected chi connectivity index (χ3v) is 3.73. The van der Waals surface area contributed by atoms with Gasteiger partial charge in [-0.1, -0.05) is 55.5 Å². The van der Waals surface area contributed by atoms with Crippen molar-refractivity contribution < 1.29 is 32.7 Å². The molecule has 24 heavy (non-hydrogen) atoms. The Balaban J connectivity index is 0.00000169. The minimum atomic E-state index is 0. The molecule has 0 aliphatic heterocycles. The van der Waals surface area contributed by atoms with Crippen molar-refractivity contribution in [3.63, 3.8) is 0 Å². The monoisotopic (exact) mass is 388 g/mol. The number of nitrogens with zero attached hydrogens (tertiary/aromatic N) is 2. The van der Waals surface area contributed by atoms with E-state index in [4.69, 9.17) is 4.98 Å². The van der Waals surface area contributed by atoms with Crippen molar-refractivity contribution in [3.05, 3.63) is 72.4 Å². The Morgan fingerprint density at radius 1 is 0.917 bits per heavy atom. The van der Waals surface area contributed by atoms with Crippen molar-refractivity contribution in [2.75, 3.05) is 5.32 Å². The molecule has 5 heteroatoms.